The Hall–Kier alpha value is -1.75. The van der Waals surface area contributed by atoms with Gasteiger partial charge in [0.15, 0.2) is 4.77 Å². The first kappa shape index (κ1) is 13.7. The van der Waals surface area contributed by atoms with Crippen LogP contribution < -0.4 is 16.2 Å². The molecule has 0 saturated carbocycles. The molecule has 1 aromatic heterocycles. The van der Waals surface area contributed by atoms with Gasteiger partial charge >= 0.3 is 10.2 Å². The number of nitrogens with zero attached hydrogens (tertiary/aromatic N) is 1. The van der Waals surface area contributed by atoms with Crippen LogP contribution in [0, 0.1) is 4.77 Å². The Morgan fingerprint density at radius 3 is 2.53 bits per heavy atom. The van der Waals surface area contributed by atoms with Gasteiger partial charge in [-0.3, -0.25) is 19.5 Å². The first-order valence-corrected chi connectivity index (χ1v) is 6.91. The Morgan fingerprint density at radius 2 is 2.00 bits per heavy atom. The number of halogens is 1. The van der Waals surface area contributed by atoms with Crippen LogP contribution in [0.3, 0.4) is 0 Å². The summed E-state index contributed by atoms with van der Waals surface area (Å²) in [5.41, 5.74) is 4.46. The van der Waals surface area contributed by atoms with Gasteiger partial charge in [0.1, 0.15) is 16.8 Å². The lowest BCUT2D eigenvalue weighted by atomic mass is 10.4. The number of aromatic amines is 2. The van der Waals surface area contributed by atoms with Gasteiger partial charge in [0.2, 0.25) is 5.91 Å². The van der Waals surface area contributed by atoms with E-state index in [9.17, 15) is 21.9 Å². The number of nitrogens with one attached hydrogen (secondary N) is 2. The highest BCUT2D eigenvalue weighted by Crippen LogP contribution is 2.26. The fourth-order valence-corrected chi connectivity index (χ4v) is 2.63. The molecule has 11 heteroatoms. The van der Waals surface area contributed by atoms with E-state index < -0.39 is 39.9 Å². The van der Waals surface area contributed by atoms with Crippen LogP contribution in [-0.2, 0) is 15.0 Å². The van der Waals surface area contributed by atoms with Crippen molar-refractivity contribution in [2.45, 2.75) is 11.7 Å². The van der Waals surface area contributed by atoms with Crippen LogP contribution in [-0.4, -0.2) is 36.1 Å². The van der Waals surface area contributed by atoms with E-state index in [1.54, 1.807) is 0 Å². The van der Waals surface area contributed by atoms with Crippen molar-refractivity contribution >= 4 is 39.9 Å². The van der Waals surface area contributed by atoms with Crippen molar-refractivity contribution in [3.8, 4) is 0 Å². The molecule has 0 bridgehead atoms. The summed E-state index contributed by atoms with van der Waals surface area (Å²) in [6.07, 6.45) is -0.508. The van der Waals surface area contributed by atoms with Crippen molar-refractivity contribution in [3.63, 3.8) is 0 Å². The normalized spacial score (nSPS) is 19.9. The third kappa shape index (κ3) is 2.51. The predicted molar refractivity (Wildman–Crippen MR) is 67.4 cm³/mol. The molecule has 1 aliphatic heterocycles. The van der Waals surface area contributed by atoms with E-state index in [0.717, 1.165) is 4.90 Å². The van der Waals surface area contributed by atoms with E-state index >= 15 is 0 Å². The zero-order valence-corrected chi connectivity index (χ0v) is 11.0. The lowest BCUT2D eigenvalue weighted by Gasteiger charge is -2.16. The van der Waals surface area contributed by atoms with E-state index in [1.165, 1.54) is 0 Å². The smallest absolute Gasteiger partial charge is 0.307 e. The lowest BCUT2D eigenvalue weighted by molar-refractivity contribution is -0.117. The highest BCUT2D eigenvalue weighted by atomic mass is 32.3. The average molecular weight is 308 g/mol. The average Bonchev–Trinajstić information content (AvgIpc) is 2.65. The first-order valence-electron chi connectivity index (χ1n) is 5.06. The zero-order chi connectivity index (χ0) is 14.4. The standard InChI is InChI=1S/C8H9FN4O4S2/c9-19(16,17)3-1-4(14)13(2-3)6-5(10)7(15)12-8(18)11-6/h3H,1-2,10H2,(H2,11,12,15,18). The van der Waals surface area contributed by atoms with Crippen molar-refractivity contribution in [3.05, 3.63) is 15.1 Å². The topological polar surface area (TPSA) is 129 Å². The van der Waals surface area contributed by atoms with E-state index in [2.05, 4.69) is 9.97 Å². The zero-order valence-electron chi connectivity index (χ0n) is 9.34. The Balaban J connectivity index is 2.47. The molecular formula is C8H9FN4O4S2. The van der Waals surface area contributed by atoms with Gasteiger partial charge in [0, 0.05) is 13.0 Å². The van der Waals surface area contributed by atoms with Crippen molar-refractivity contribution in [1.82, 2.24) is 9.97 Å². The molecule has 1 amide bonds. The number of hydrogen-bond donors (Lipinski definition) is 3. The van der Waals surface area contributed by atoms with E-state index in [0.29, 0.717) is 0 Å². The van der Waals surface area contributed by atoms with Crippen molar-refractivity contribution in [2.24, 2.45) is 0 Å². The number of nitrogen functional groups attached to an aromatic ring is 1. The maximum atomic E-state index is 12.9. The van der Waals surface area contributed by atoms with Crippen molar-refractivity contribution < 1.29 is 17.1 Å². The second-order valence-electron chi connectivity index (χ2n) is 3.98. The summed E-state index contributed by atoms with van der Waals surface area (Å²) in [7, 11) is -4.84. The minimum atomic E-state index is -4.84. The minimum absolute atomic E-state index is 0.0754. The van der Waals surface area contributed by atoms with E-state index in [4.69, 9.17) is 18.0 Å². The van der Waals surface area contributed by atoms with Crippen LogP contribution in [0.25, 0.3) is 0 Å². The lowest BCUT2D eigenvalue weighted by Crippen LogP contribution is -2.31. The maximum Gasteiger partial charge on any atom is 0.307 e. The van der Waals surface area contributed by atoms with Crippen LogP contribution in [0.5, 0.6) is 0 Å². The molecule has 1 aromatic rings. The second kappa shape index (κ2) is 4.42. The number of hydrogen-bond acceptors (Lipinski definition) is 6. The van der Waals surface area contributed by atoms with Crippen molar-refractivity contribution in [2.75, 3.05) is 17.2 Å². The molecule has 8 nitrogen and oxygen atoms in total. The SMILES string of the molecule is Nc1c(N2CC(S(=O)(=O)F)CC2=O)[nH]c(=S)[nH]c1=O. The number of amides is 1. The van der Waals surface area contributed by atoms with Crippen LogP contribution in [0.4, 0.5) is 15.4 Å². The first-order chi connectivity index (χ1) is 8.70. The van der Waals surface area contributed by atoms with Gasteiger partial charge in [-0.25, -0.2) is 0 Å². The highest BCUT2D eigenvalue weighted by molar-refractivity contribution is 7.87. The quantitative estimate of drug-likeness (QED) is 0.495. The Bertz CT molecular complexity index is 753. The van der Waals surface area contributed by atoms with Gasteiger partial charge in [0.25, 0.3) is 5.56 Å². The molecule has 1 atom stereocenters. The van der Waals surface area contributed by atoms with Crippen LogP contribution in [0.1, 0.15) is 6.42 Å². The van der Waals surface area contributed by atoms with Gasteiger partial charge in [-0.15, -0.1) is 3.89 Å². The fourth-order valence-electron chi connectivity index (χ4n) is 1.78. The molecule has 4 N–H and O–H groups in total. The number of nitrogens with two attached hydrogens (primary N) is 1. The van der Waals surface area contributed by atoms with Gasteiger partial charge < -0.3 is 10.7 Å². The second-order valence-corrected chi connectivity index (χ2v) is 6.00. The Morgan fingerprint density at radius 1 is 1.37 bits per heavy atom. The molecule has 19 heavy (non-hydrogen) atoms. The summed E-state index contributed by atoms with van der Waals surface area (Å²) in [4.78, 5) is 28.7. The minimum Gasteiger partial charge on any atom is -0.391 e. The summed E-state index contributed by atoms with van der Waals surface area (Å²) in [5.74, 6) is -0.779. The molecule has 0 aromatic carbocycles. The number of carbonyl (C=O) groups is 1. The molecule has 1 fully saturated rings. The van der Waals surface area contributed by atoms with Gasteiger partial charge in [-0.1, -0.05) is 0 Å². The van der Waals surface area contributed by atoms with Crippen LogP contribution in [0.2, 0.25) is 0 Å². The predicted octanol–water partition coefficient (Wildman–Crippen LogP) is -0.581. The summed E-state index contributed by atoms with van der Waals surface area (Å²) in [6, 6.07) is 0. The monoisotopic (exact) mass is 308 g/mol. The molecule has 0 aliphatic carbocycles. The summed E-state index contributed by atoms with van der Waals surface area (Å²) < 4.78 is 34.4. The third-order valence-electron chi connectivity index (χ3n) is 2.72. The molecule has 104 valence electrons. The van der Waals surface area contributed by atoms with Crippen LogP contribution >= 0.6 is 12.2 Å². The number of rotatable bonds is 2. The molecule has 1 saturated heterocycles. The van der Waals surface area contributed by atoms with Gasteiger partial charge in [-0.05, 0) is 12.2 Å². The Labute approximate surface area is 111 Å². The molecule has 1 unspecified atom stereocenters. The van der Waals surface area contributed by atoms with Gasteiger partial charge in [-0.2, -0.15) is 8.42 Å². The number of aromatic nitrogens is 2. The highest BCUT2D eigenvalue weighted by Gasteiger charge is 2.40. The van der Waals surface area contributed by atoms with E-state index in [-0.39, 0.29) is 16.3 Å². The number of anilines is 2. The fraction of sp³-hybridized carbons (Fsp3) is 0.375. The molecular weight excluding hydrogens is 299 g/mol. The third-order valence-corrected chi connectivity index (χ3v) is 4.03. The maximum absolute atomic E-state index is 12.9. The summed E-state index contributed by atoms with van der Waals surface area (Å²) in [6.45, 7) is -0.420. The molecule has 2 heterocycles. The number of H-pyrrole nitrogens is 2. The van der Waals surface area contributed by atoms with Crippen molar-refractivity contribution in [1.29, 1.82) is 0 Å². The largest absolute Gasteiger partial charge is 0.391 e. The Kier molecular flexibility index (Phi) is 3.18. The molecule has 2 rings (SSSR count). The molecule has 0 spiro atoms. The molecule has 0 radical (unpaired) electrons. The summed E-state index contributed by atoms with van der Waals surface area (Å²) in [5, 5.41) is -1.47. The van der Waals surface area contributed by atoms with E-state index in [1.807, 2.05) is 0 Å². The van der Waals surface area contributed by atoms with Gasteiger partial charge in [0.05, 0.1) is 0 Å². The number of carbonyl (C=O) groups excluding carboxylic acids is 1. The molecule has 1 aliphatic rings. The van der Waals surface area contributed by atoms with Crippen LogP contribution in [0.15, 0.2) is 4.79 Å². The summed E-state index contributed by atoms with van der Waals surface area (Å²) >= 11 is 4.73.